The number of hydrogen-bond acceptors (Lipinski definition) is 5. The summed E-state index contributed by atoms with van der Waals surface area (Å²) in [6.45, 7) is 0. The van der Waals surface area contributed by atoms with Gasteiger partial charge in [-0.3, -0.25) is 19.7 Å². The average Bonchev–Trinajstić information content (AvgIpc) is 2.78. The normalized spacial score (nSPS) is 18.8. The minimum Gasteiger partial charge on any atom is -0.375 e. The van der Waals surface area contributed by atoms with Gasteiger partial charge in [0.05, 0.1) is 11.3 Å². The van der Waals surface area contributed by atoms with Gasteiger partial charge in [-0.1, -0.05) is 0 Å². The highest BCUT2D eigenvalue weighted by Gasteiger charge is 2.47. The first kappa shape index (κ1) is 15.8. The fraction of sp³-hybridized carbons (Fsp3) is 0.125. The summed E-state index contributed by atoms with van der Waals surface area (Å²) in [5, 5.41) is 23.6. The summed E-state index contributed by atoms with van der Waals surface area (Å²) in [6, 6.07) is 8.21. The molecule has 0 unspecified atom stereocenters. The minimum atomic E-state index is -2.18. The Hall–Kier alpha value is -3.13. The van der Waals surface area contributed by atoms with Crippen molar-refractivity contribution in [2.24, 2.45) is 0 Å². The van der Waals surface area contributed by atoms with E-state index in [1.807, 2.05) is 0 Å². The van der Waals surface area contributed by atoms with Gasteiger partial charge in [0.15, 0.2) is 11.4 Å². The first-order valence-electron chi connectivity index (χ1n) is 6.93. The lowest BCUT2D eigenvalue weighted by atomic mass is 9.88. The number of rotatable bonds is 4. The summed E-state index contributed by atoms with van der Waals surface area (Å²) in [5.74, 6) is -2.07. The van der Waals surface area contributed by atoms with Crippen LogP contribution < -0.4 is 5.32 Å². The zero-order valence-electron chi connectivity index (χ0n) is 12.2. The van der Waals surface area contributed by atoms with Crippen molar-refractivity contribution in [1.82, 2.24) is 0 Å². The number of benzene rings is 2. The standard InChI is InChI=1S/C16H11FN2O5/c17-10-3-6-13-12(7-10)16(22,15(21)18-13)8-14(20)9-1-4-11(5-2-9)19(23)24/h1-7,22H,8H2,(H,18,21)/t16-/m1/s1. The molecular formula is C16H11FN2O5. The number of carbonyl (C=O) groups excluding carboxylic acids is 2. The van der Waals surface area contributed by atoms with E-state index in [-0.39, 0.29) is 22.5 Å². The van der Waals surface area contributed by atoms with E-state index in [1.165, 1.54) is 18.2 Å². The van der Waals surface area contributed by atoms with E-state index in [2.05, 4.69) is 5.32 Å². The summed E-state index contributed by atoms with van der Waals surface area (Å²) >= 11 is 0. The second kappa shape index (κ2) is 5.50. The van der Waals surface area contributed by atoms with E-state index < -0.39 is 34.5 Å². The van der Waals surface area contributed by atoms with Gasteiger partial charge in [-0.25, -0.2) is 4.39 Å². The van der Waals surface area contributed by atoms with E-state index in [0.29, 0.717) is 0 Å². The third-order valence-electron chi connectivity index (χ3n) is 3.87. The first-order valence-corrected chi connectivity index (χ1v) is 6.93. The predicted molar refractivity (Wildman–Crippen MR) is 81.0 cm³/mol. The summed E-state index contributed by atoms with van der Waals surface area (Å²) in [4.78, 5) is 34.4. The topological polar surface area (TPSA) is 110 Å². The van der Waals surface area contributed by atoms with Crippen LogP contribution in [0.15, 0.2) is 42.5 Å². The van der Waals surface area contributed by atoms with Crippen molar-refractivity contribution in [3.8, 4) is 0 Å². The van der Waals surface area contributed by atoms with Crippen molar-refractivity contribution in [2.45, 2.75) is 12.0 Å². The van der Waals surface area contributed by atoms with Crippen molar-refractivity contribution >= 4 is 23.1 Å². The Bertz CT molecular complexity index is 865. The molecule has 1 amide bonds. The number of anilines is 1. The largest absolute Gasteiger partial charge is 0.375 e. The molecule has 0 radical (unpaired) electrons. The van der Waals surface area contributed by atoms with Crippen molar-refractivity contribution in [1.29, 1.82) is 0 Å². The molecule has 2 N–H and O–H groups in total. The zero-order valence-corrected chi connectivity index (χ0v) is 12.2. The van der Waals surface area contributed by atoms with Crippen molar-refractivity contribution in [2.75, 3.05) is 5.32 Å². The number of aliphatic hydroxyl groups is 1. The molecule has 1 aliphatic rings. The third-order valence-corrected chi connectivity index (χ3v) is 3.87. The molecule has 8 heteroatoms. The maximum atomic E-state index is 13.4. The lowest BCUT2D eigenvalue weighted by Crippen LogP contribution is -2.36. The molecule has 122 valence electrons. The van der Waals surface area contributed by atoms with E-state index in [4.69, 9.17) is 0 Å². The van der Waals surface area contributed by atoms with Crippen LogP contribution in [0.5, 0.6) is 0 Å². The minimum absolute atomic E-state index is 0.0113. The molecule has 0 fully saturated rings. The van der Waals surface area contributed by atoms with Crippen LogP contribution >= 0.6 is 0 Å². The molecule has 0 aromatic heterocycles. The molecule has 0 aliphatic carbocycles. The van der Waals surface area contributed by atoms with Crippen LogP contribution in [0.4, 0.5) is 15.8 Å². The van der Waals surface area contributed by atoms with Crippen LogP contribution in [0.1, 0.15) is 22.3 Å². The van der Waals surface area contributed by atoms with E-state index in [9.17, 15) is 29.2 Å². The summed E-state index contributed by atoms with van der Waals surface area (Å²) in [5.41, 5.74) is -2.04. The maximum absolute atomic E-state index is 13.4. The molecule has 7 nitrogen and oxygen atoms in total. The fourth-order valence-electron chi connectivity index (χ4n) is 2.59. The molecule has 1 atom stereocenters. The number of fused-ring (bicyclic) bond motifs is 1. The highest BCUT2D eigenvalue weighted by atomic mass is 19.1. The number of carbonyl (C=O) groups is 2. The lowest BCUT2D eigenvalue weighted by molar-refractivity contribution is -0.384. The number of amides is 1. The SMILES string of the molecule is O=C(C[C@]1(O)C(=O)Nc2ccc(F)cc21)c1ccc([N+](=O)[O-])cc1. The number of nitro benzene ring substituents is 1. The number of nitrogens with one attached hydrogen (secondary N) is 1. The Kier molecular flexibility index (Phi) is 3.61. The van der Waals surface area contributed by atoms with Gasteiger partial charge in [0.25, 0.3) is 11.6 Å². The quantitative estimate of drug-likeness (QED) is 0.507. The molecular weight excluding hydrogens is 319 g/mol. The number of Topliss-reactive ketones (excluding diaryl/α,β-unsaturated/α-hetero) is 1. The maximum Gasteiger partial charge on any atom is 0.269 e. The van der Waals surface area contributed by atoms with Gasteiger partial charge in [0.1, 0.15) is 5.82 Å². The van der Waals surface area contributed by atoms with Crippen LogP contribution in [-0.4, -0.2) is 21.7 Å². The lowest BCUT2D eigenvalue weighted by Gasteiger charge is -2.20. The van der Waals surface area contributed by atoms with Crippen LogP contribution in [0, 0.1) is 15.9 Å². The highest BCUT2D eigenvalue weighted by Crippen LogP contribution is 2.39. The van der Waals surface area contributed by atoms with Crippen molar-refractivity contribution < 1.29 is 24.0 Å². The second-order valence-electron chi connectivity index (χ2n) is 5.41. The van der Waals surface area contributed by atoms with Gasteiger partial charge >= 0.3 is 0 Å². The number of nitrogens with zero attached hydrogens (tertiary/aromatic N) is 1. The molecule has 24 heavy (non-hydrogen) atoms. The van der Waals surface area contributed by atoms with E-state index in [1.54, 1.807) is 0 Å². The summed E-state index contributed by atoms with van der Waals surface area (Å²) < 4.78 is 13.4. The average molecular weight is 330 g/mol. The molecule has 1 heterocycles. The molecule has 3 rings (SSSR count). The Labute approximate surface area is 134 Å². The van der Waals surface area contributed by atoms with Gasteiger partial charge in [0, 0.05) is 28.9 Å². The number of nitro groups is 1. The molecule has 1 aliphatic heterocycles. The zero-order chi connectivity index (χ0) is 17.5. The van der Waals surface area contributed by atoms with Crippen LogP contribution in [0.3, 0.4) is 0 Å². The Balaban J connectivity index is 1.90. The molecule has 0 bridgehead atoms. The van der Waals surface area contributed by atoms with Gasteiger partial charge in [-0.15, -0.1) is 0 Å². The highest BCUT2D eigenvalue weighted by molar-refractivity contribution is 6.09. The van der Waals surface area contributed by atoms with Crippen LogP contribution in [-0.2, 0) is 10.4 Å². The predicted octanol–water partition coefficient (Wildman–Crippen LogP) is 2.15. The summed E-state index contributed by atoms with van der Waals surface area (Å²) in [7, 11) is 0. The smallest absolute Gasteiger partial charge is 0.269 e. The Morgan fingerprint density at radius 3 is 2.54 bits per heavy atom. The molecule has 2 aromatic carbocycles. The van der Waals surface area contributed by atoms with Gasteiger partial charge < -0.3 is 10.4 Å². The van der Waals surface area contributed by atoms with Gasteiger partial charge in [0.2, 0.25) is 0 Å². The number of ketones is 1. The number of non-ortho nitro benzene ring substituents is 1. The summed E-state index contributed by atoms with van der Waals surface area (Å²) in [6.07, 6.45) is -0.604. The Morgan fingerprint density at radius 1 is 1.25 bits per heavy atom. The van der Waals surface area contributed by atoms with Crippen molar-refractivity contribution in [3.63, 3.8) is 0 Å². The molecule has 0 spiro atoms. The molecule has 0 saturated carbocycles. The second-order valence-corrected chi connectivity index (χ2v) is 5.41. The first-order chi connectivity index (χ1) is 11.3. The van der Waals surface area contributed by atoms with E-state index in [0.717, 1.165) is 24.3 Å². The Morgan fingerprint density at radius 2 is 1.92 bits per heavy atom. The molecule has 0 saturated heterocycles. The van der Waals surface area contributed by atoms with Gasteiger partial charge in [-0.2, -0.15) is 0 Å². The third kappa shape index (κ3) is 2.52. The van der Waals surface area contributed by atoms with Crippen LogP contribution in [0.2, 0.25) is 0 Å². The van der Waals surface area contributed by atoms with E-state index >= 15 is 0 Å². The molecule has 2 aromatic rings. The number of halogens is 1. The van der Waals surface area contributed by atoms with Crippen molar-refractivity contribution in [3.05, 3.63) is 69.5 Å². The van der Waals surface area contributed by atoms with Gasteiger partial charge in [-0.05, 0) is 30.3 Å². The van der Waals surface area contributed by atoms with Crippen LogP contribution in [0.25, 0.3) is 0 Å². The monoisotopic (exact) mass is 330 g/mol. The number of hydrogen-bond donors (Lipinski definition) is 2. The fourth-order valence-corrected chi connectivity index (χ4v) is 2.59.